The van der Waals surface area contributed by atoms with Gasteiger partial charge in [-0.15, -0.1) is 0 Å². The van der Waals surface area contributed by atoms with Crippen LogP contribution in [0.15, 0.2) is 35.4 Å². The van der Waals surface area contributed by atoms with E-state index in [4.69, 9.17) is 5.11 Å². The summed E-state index contributed by atoms with van der Waals surface area (Å²) in [6, 6.07) is 4.18. The van der Waals surface area contributed by atoms with Crippen molar-refractivity contribution in [1.29, 1.82) is 0 Å². The molecule has 0 saturated carbocycles. The fraction of sp³-hybridized carbons (Fsp3) is 0. The van der Waals surface area contributed by atoms with Crippen molar-refractivity contribution in [3.8, 4) is 0 Å². The summed E-state index contributed by atoms with van der Waals surface area (Å²) in [6.45, 7) is 0. The number of pyridine rings is 1. The first kappa shape index (κ1) is 8.43. The largest absolute Gasteiger partial charge is 0.478 e. The van der Waals surface area contributed by atoms with E-state index in [0.717, 1.165) is 0 Å². The zero-order valence-electron chi connectivity index (χ0n) is 7.04. The Morgan fingerprint density at radius 2 is 2.21 bits per heavy atom. The molecular weight excluding hydrogens is 184 g/mol. The highest BCUT2D eigenvalue weighted by Gasteiger charge is 2.08. The van der Waals surface area contributed by atoms with Crippen molar-refractivity contribution in [3.05, 3.63) is 46.5 Å². The van der Waals surface area contributed by atoms with E-state index < -0.39 is 5.97 Å². The molecule has 0 saturated heterocycles. The van der Waals surface area contributed by atoms with E-state index >= 15 is 0 Å². The molecule has 0 radical (unpaired) electrons. The van der Waals surface area contributed by atoms with Crippen LogP contribution in [0.2, 0.25) is 0 Å². The van der Waals surface area contributed by atoms with Crippen molar-refractivity contribution in [2.45, 2.75) is 0 Å². The normalized spacial score (nSPS) is 10.3. The predicted molar refractivity (Wildman–Crippen MR) is 48.4 cm³/mol. The topological polar surface area (TPSA) is 71.7 Å². The highest BCUT2D eigenvalue weighted by molar-refractivity contribution is 5.94. The predicted octanol–water partition coefficient (Wildman–Crippen LogP) is 0.393. The lowest BCUT2D eigenvalue weighted by Gasteiger charge is -2.01. The fourth-order valence-electron chi connectivity index (χ4n) is 1.23. The monoisotopic (exact) mass is 190 g/mol. The molecule has 0 aliphatic rings. The minimum atomic E-state index is -1.10. The molecular formula is C9H6N2O3. The first-order valence-electron chi connectivity index (χ1n) is 3.90. The third-order valence-electron chi connectivity index (χ3n) is 1.85. The van der Waals surface area contributed by atoms with Crippen molar-refractivity contribution >= 4 is 11.6 Å². The molecule has 0 aliphatic heterocycles. The van der Waals surface area contributed by atoms with Crippen LogP contribution in [-0.2, 0) is 0 Å². The number of carboxylic acid groups (broad SMARTS) is 1. The van der Waals surface area contributed by atoms with E-state index in [-0.39, 0.29) is 16.8 Å². The van der Waals surface area contributed by atoms with Gasteiger partial charge >= 0.3 is 5.97 Å². The van der Waals surface area contributed by atoms with E-state index in [2.05, 4.69) is 4.98 Å². The van der Waals surface area contributed by atoms with Gasteiger partial charge in [0, 0.05) is 18.5 Å². The summed E-state index contributed by atoms with van der Waals surface area (Å²) in [4.78, 5) is 25.9. The average Bonchev–Trinajstić information content (AvgIpc) is 2.17. The maximum Gasteiger partial charge on any atom is 0.339 e. The first-order valence-corrected chi connectivity index (χ1v) is 3.90. The minimum Gasteiger partial charge on any atom is -0.478 e. The van der Waals surface area contributed by atoms with Gasteiger partial charge in [0.25, 0.3) is 5.56 Å². The Morgan fingerprint density at radius 3 is 2.93 bits per heavy atom. The quantitative estimate of drug-likeness (QED) is 0.706. The highest BCUT2D eigenvalue weighted by atomic mass is 16.4. The standard InChI is InChI=1S/C9H6N2O3/c12-7-3-4-10-8-6(9(13)14)2-1-5-11(7)8/h1-5H,(H,13,14). The van der Waals surface area contributed by atoms with Crippen LogP contribution >= 0.6 is 0 Å². The van der Waals surface area contributed by atoms with Crippen molar-refractivity contribution in [2.24, 2.45) is 0 Å². The van der Waals surface area contributed by atoms with Crippen LogP contribution in [0.5, 0.6) is 0 Å². The van der Waals surface area contributed by atoms with Crippen LogP contribution in [0.3, 0.4) is 0 Å². The van der Waals surface area contributed by atoms with Crippen molar-refractivity contribution < 1.29 is 9.90 Å². The Hall–Kier alpha value is -2.17. The average molecular weight is 190 g/mol. The van der Waals surface area contributed by atoms with Gasteiger partial charge in [-0.1, -0.05) is 0 Å². The zero-order valence-corrected chi connectivity index (χ0v) is 7.04. The number of rotatable bonds is 1. The number of carbonyl (C=O) groups is 1. The molecule has 0 unspecified atom stereocenters. The molecule has 2 aromatic heterocycles. The van der Waals surface area contributed by atoms with Gasteiger partial charge in [0.1, 0.15) is 5.56 Å². The smallest absolute Gasteiger partial charge is 0.339 e. The number of aromatic carboxylic acids is 1. The molecule has 70 valence electrons. The molecule has 2 heterocycles. The second-order valence-electron chi connectivity index (χ2n) is 2.70. The van der Waals surface area contributed by atoms with E-state index in [1.807, 2.05) is 0 Å². The number of hydrogen-bond acceptors (Lipinski definition) is 3. The second-order valence-corrected chi connectivity index (χ2v) is 2.70. The van der Waals surface area contributed by atoms with Gasteiger partial charge in [0.05, 0.1) is 0 Å². The van der Waals surface area contributed by atoms with E-state index in [1.165, 1.54) is 35.0 Å². The molecule has 2 aromatic rings. The second kappa shape index (κ2) is 2.95. The van der Waals surface area contributed by atoms with Gasteiger partial charge < -0.3 is 5.11 Å². The molecule has 1 N–H and O–H groups in total. The van der Waals surface area contributed by atoms with Crippen molar-refractivity contribution in [2.75, 3.05) is 0 Å². The van der Waals surface area contributed by atoms with Crippen LogP contribution in [0.1, 0.15) is 10.4 Å². The van der Waals surface area contributed by atoms with Gasteiger partial charge in [-0.25, -0.2) is 9.78 Å². The Kier molecular flexibility index (Phi) is 1.78. The number of aromatic nitrogens is 2. The molecule has 14 heavy (non-hydrogen) atoms. The van der Waals surface area contributed by atoms with Crippen molar-refractivity contribution in [1.82, 2.24) is 9.38 Å². The van der Waals surface area contributed by atoms with Crippen molar-refractivity contribution in [3.63, 3.8) is 0 Å². The number of fused-ring (bicyclic) bond motifs is 1. The summed E-state index contributed by atoms with van der Waals surface area (Å²) in [5.74, 6) is -1.10. The highest BCUT2D eigenvalue weighted by Crippen LogP contribution is 2.04. The number of hydrogen-bond donors (Lipinski definition) is 1. The summed E-state index contributed by atoms with van der Waals surface area (Å²) in [5, 5.41) is 8.82. The Labute approximate surface area is 78.3 Å². The molecule has 2 rings (SSSR count). The molecule has 0 spiro atoms. The SMILES string of the molecule is O=C(O)c1cccn2c(=O)ccnc12. The Bertz CT molecular complexity index is 559. The molecule has 5 nitrogen and oxygen atoms in total. The lowest BCUT2D eigenvalue weighted by atomic mass is 10.2. The summed E-state index contributed by atoms with van der Waals surface area (Å²) < 4.78 is 1.20. The molecule has 0 bridgehead atoms. The van der Waals surface area contributed by atoms with Crippen LogP contribution in [-0.4, -0.2) is 20.5 Å². The molecule has 0 fully saturated rings. The molecule has 5 heteroatoms. The first-order chi connectivity index (χ1) is 6.70. The molecule has 0 aromatic carbocycles. The van der Waals surface area contributed by atoms with Gasteiger partial charge in [-0.05, 0) is 12.1 Å². The minimum absolute atomic E-state index is 0.0187. The van der Waals surface area contributed by atoms with Gasteiger partial charge in [0.2, 0.25) is 0 Å². The maximum atomic E-state index is 11.3. The molecule has 0 amide bonds. The summed E-state index contributed by atoms with van der Waals surface area (Å²) in [6.07, 6.45) is 2.78. The summed E-state index contributed by atoms with van der Waals surface area (Å²) in [5.41, 5.74) is -0.115. The summed E-state index contributed by atoms with van der Waals surface area (Å²) >= 11 is 0. The van der Waals surface area contributed by atoms with Gasteiger partial charge in [0.15, 0.2) is 5.65 Å². The maximum absolute atomic E-state index is 11.3. The third-order valence-corrected chi connectivity index (χ3v) is 1.85. The van der Waals surface area contributed by atoms with Gasteiger partial charge in [-0.3, -0.25) is 9.20 Å². The number of carboxylic acids is 1. The zero-order chi connectivity index (χ0) is 10.1. The summed E-state index contributed by atoms with van der Waals surface area (Å²) in [7, 11) is 0. The lowest BCUT2D eigenvalue weighted by molar-refractivity contribution is 0.0698. The van der Waals surface area contributed by atoms with Gasteiger partial charge in [-0.2, -0.15) is 0 Å². The van der Waals surface area contributed by atoms with Crippen LogP contribution in [0.25, 0.3) is 5.65 Å². The van der Waals surface area contributed by atoms with E-state index in [0.29, 0.717) is 0 Å². The number of nitrogens with zero attached hydrogens (tertiary/aromatic N) is 2. The van der Waals surface area contributed by atoms with E-state index in [9.17, 15) is 9.59 Å². The Morgan fingerprint density at radius 1 is 1.43 bits per heavy atom. The van der Waals surface area contributed by atoms with Crippen LogP contribution in [0.4, 0.5) is 0 Å². The van der Waals surface area contributed by atoms with Crippen LogP contribution in [0, 0.1) is 0 Å². The molecule has 0 aliphatic carbocycles. The van der Waals surface area contributed by atoms with E-state index in [1.54, 1.807) is 0 Å². The third kappa shape index (κ3) is 1.15. The Balaban J connectivity index is 2.95. The molecule has 0 atom stereocenters. The fourth-order valence-corrected chi connectivity index (χ4v) is 1.23. The lowest BCUT2D eigenvalue weighted by Crippen LogP contribution is -2.15. The van der Waals surface area contributed by atoms with Crippen LogP contribution < -0.4 is 5.56 Å².